The SMILES string of the molecule is CNC(=O)NC(=O)COC(=O)c1ccc(Sc2ccc(C)cc2)c([N+](=O)[O-])c1. The molecule has 0 heterocycles. The van der Waals surface area contributed by atoms with Crippen molar-refractivity contribution >= 4 is 35.4 Å². The van der Waals surface area contributed by atoms with E-state index in [0.717, 1.165) is 16.5 Å². The average molecular weight is 403 g/mol. The molecule has 0 unspecified atom stereocenters. The summed E-state index contributed by atoms with van der Waals surface area (Å²) in [4.78, 5) is 46.5. The highest BCUT2D eigenvalue weighted by Crippen LogP contribution is 2.35. The Morgan fingerprint density at radius 2 is 1.82 bits per heavy atom. The Hall–Kier alpha value is -3.40. The lowest BCUT2D eigenvalue weighted by atomic mass is 10.2. The van der Waals surface area contributed by atoms with E-state index in [0.29, 0.717) is 4.90 Å². The van der Waals surface area contributed by atoms with Crippen LogP contribution in [-0.4, -0.2) is 36.5 Å². The van der Waals surface area contributed by atoms with Gasteiger partial charge >= 0.3 is 12.0 Å². The van der Waals surface area contributed by atoms with Gasteiger partial charge in [0.1, 0.15) is 0 Å². The zero-order chi connectivity index (χ0) is 20.7. The van der Waals surface area contributed by atoms with Gasteiger partial charge in [0.15, 0.2) is 6.61 Å². The summed E-state index contributed by atoms with van der Waals surface area (Å²) in [5, 5.41) is 15.5. The number of urea groups is 1. The summed E-state index contributed by atoms with van der Waals surface area (Å²) >= 11 is 1.20. The molecule has 0 fully saturated rings. The molecule has 10 heteroatoms. The molecule has 0 spiro atoms. The van der Waals surface area contributed by atoms with E-state index in [4.69, 9.17) is 4.74 Å². The van der Waals surface area contributed by atoms with Crippen LogP contribution in [0, 0.1) is 17.0 Å². The van der Waals surface area contributed by atoms with Crippen LogP contribution in [0.15, 0.2) is 52.3 Å². The van der Waals surface area contributed by atoms with Gasteiger partial charge in [-0.1, -0.05) is 29.5 Å². The maximum Gasteiger partial charge on any atom is 0.338 e. The lowest BCUT2D eigenvalue weighted by Gasteiger charge is -2.07. The van der Waals surface area contributed by atoms with Crippen molar-refractivity contribution in [3.8, 4) is 0 Å². The third kappa shape index (κ3) is 5.81. The molecule has 0 aliphatic carbocycles. The Bertz CT molecular complexity index is 914. The Morgan fingerprint density at radius 1 is 1.14 bits per heavy atom. The number of hydrogen-bond acceptors (Lipinski definition) is 7. The number of hydrogen-bond donors (Lipinski definition) is 2. The summed E-state index contributed by atoms with van der Waals surface area (Å²) in [6.45, 7) is 1.24. The van der Waals surface area contributed by atoms with Gasteiger partial charge in [-0.05, 0) is 31.2 Å². The molecule has 0 saturated carbocycles. The van der Waals surface area contributed by atoms with Crippen LogP contribution in [0.5, 0.6) is 0 Å². The molecule has 9 nitrogen and oxygen atoms in total. The van der Waals surface area contributed by atoms with Gasteiger partial charge in [-0.25, -0.2) is 9.59 Å². The predicted molar refractivity (Wildman–Crippen MR) is 101 cm³/mol. The molecule has 146 valence electrons. The first-order valence-corrected chi connectivity index (χ1v) is 8.83. The Labute approximate surface area is 164 Å². The third-order valence-corrected chi connectivity index (χ3v) is 4.53. The largest absolute Gasteiger partial charge is 0.452 e. The highest BCUT2D eigenvalue weighted by molar-refractivity contribution is 7.99. The number of nitro benzene ring substituents is 1. The van der Waals surface area contributed by atoms with Crippen LogP contribution in [0.1, 0.15) is 15.9 Å². The minimum atomic E-state index is -0.915. The molecule has 28 heavy (non-hydrogen) atoms. The Kier molecular flexibility index (Phi) is 7.10. The molecule has 3 amide bonds. The lowest BCUT2D eigenvalue weighted by molar-refractivity contribution is -0.387. The van der Waals surface area contributed by atoms with Crippen molar-refractivity contribution in [1.82, 2.24) is 10.6 Å². The van der Waals surface area contributed by atoms with Gasteiger partial charge in [0.25, 0.3) is 11.6 Å². The molecule has 0 aliphatic rings. The number of aryl methyl sites for hydroxylation is 1. The Balaban J connectivity index is 2.11. The fourth-order valence-corrected chi connectivity index (χ4v) is 2.95. The minimum absolute atomic E-state index is 0.0762. The van der Waals surface area contributed by atoms with E-state index in [2.05, 4.69) is 5.32 Å². The summed E-state index contributed by atoms with van der Waals surface area (Å²) in [6, 6.07) is 10.7. The molecule has 0 atom stereocenters. The summed E-state index contributed by atoms with van der Waals surface area (Å²) in [5.41, 5.74) is 0.736. The predicted octanol–water partition coefficient (Wildman–Crippen LogP) is 2.67. The number of imide groups is 1. The van der Waals surface area contributed by atoms with Crippen LogP contribution in [-0.2, 0) is 9.53 Å². The smallest absolute Gasteiger partial charge is 0.338 e. The van der Waals surface area contributed by atoms with Crippen molar-refractivity contribution in [2.24, 2.45) is 0 Å². The topological polar surface area (TPSA) is 128 Å². The van der Waals surface area contributed by atoms with Crippen LogP contribution in [0.4, 0.5) is 10.5 Å². The van der Waals surface area contributed by atoms with Crippen molar-refractivity contribution in [1.29, 1.82) is 0 Å². The van der Waals surface area contributed by atoms with E-state index in [1.165, 1.54) is 30.9 Å². The first-order valence-electron chi connectivity index (χ1n) is 8.02. The zero-order valence-electron chi connectivity index (χ0n) is 15.1. The van der Waals surface area contributed by atoms with Gasteiger partial charge in [0.2, 0.25) is 0 Å². The summed E-state index contributed by atoms with van der Waals surface area (Å²) < 4.78 is 4.78. The van der Waals surface area contributed by atoms with E-state index in [1.54, 1.807) is 0 Å². The van der Waals surface area contributed by atoms with E-state index in [1.807, 2.05) is 36.5 Å². The number of benzene rings is 2. The number of carbonyl (C=O) groups is 3. The zero-order valence-corrected chi connectivity index (χ0v) is 15.9. The van der Waals surface area contributed by atoms with E-state index in [9.17, 15) is 24.5 Å². The third-order valence-electron chi connectivity index (χ3n) is 3.45. The second kappa shape index (κ2) is 9.51. The lowest BCUT2D eigenvalue weighted by Crippen LogP contribution is -2.39. The maximum absolute atomic E-state index is 12.1. The molecule has 2 rings (SSSR count). The second-order valence-corrected chi connectivity index (χ2v) is 6.67. The summed E-state index contributed by atoms with van der Waals surface area (Å²) in [5.74, 6) is -1.74. The van der Waals surface area contributed by atoms with Gasteiger partial charge in [0.05, 0.1) is 15.4 Å². The second-order valence-electron chi connectivity index (χ2n) is 5.56. The van der Waals surface area contributed by atoms with Gasteiger partial charge in [0, 0.05) is 18.0 Å². The van der Waals surface area contributed by atoms with Crippen molar-refractivity contribution < 1.29 is 24.0 Å². The highest BCUT2D eigenvalue weighted by Gasteiger charge is 2.20. The van der Waals surface area contributed by atoms with Crippen molar-refractivity contribution in [3.63, 3.8) is 0 Å². The fraction of sp³-hybridized carbons (Fsp3) is 0.167. The molecule has 2 aromatic rings. The number of rotatable bonds is 6. The van der Waals surface area contributed by atoms with Crippen molar-refractivity contribution in [2.75, 3.05) is 13.7 Å². The number of carbonyl (C=O) groups excluding carboxylic acids is 3. The summed E-state index contributed by atoms with van der Waals surface area (Å²) in [6.07, 6.45) is 0. The van der Waals surface area contributed by atoms with Crippen LogP contribution < -0.4 is 10.6 Å². The fourth-order valence-electron chi connectivity index (χ4n) is 2.05. The summed E-state index contributed by atoms with van der Waals surface area (Å²) in [7, 11) is 1.32. The van der Waals surface area contributed by atoms with Crippen LogP contribution in [0.2, 0.25) is 0 Å². The standard InChI is InChI=1S/C18H17N3O6S/c1-11-3-6-13(7-4-11)28-15-8-5-12(9-14(15)21(25)26)17(23)27-10-16(22)20-18(24)19-2/h3-9H,10H2,1-2H3,(H2,19,20,22,24). The molecule has 0 bridgehead atoms. The number of ether oxygens (including phenoxy) is 1. The van der Waals surface area contributed by atoms with Crippen molar-refractivity contribution in [2.45, 2.75) is 16.7 Å². The number of nitro groups is 1. The molecule has 0 aromatic heterocycles. The monoisotopic (exact) mass is 403 g/mol. The van der Waals surface area contributed by atoms with Crippen LogP contribution >= 0.6 is 11.8 Å². The number of amides is 3. The number of nitrogens with zero attached hydrogens (tertiary/aromatic N) is 1. The molecule has 0 radical (unpaired) electrons. The van der Waals surface area contributed by atoms with Gasteiger partial charge in [-0.3, -0.25) is 20.2 Å². The molecule has 0 aliphatic heterocycles. The first-order chi connectivity index (χ1) is 13.3. The van der Waals surface area contributed by atoms with Gasteiger partial charge in [-0.15, -0.1) is 0 Å². The van der Waals surface area contributed by atoms with E-state index in [-0.39, 0.29) is 11.3 Å². The highest BCUT2D eigenvalue weighted by atomic mass is 32.2. The minimum Gasteiger partial charge on any atom is -0.452 e. The van der Waals surface area contributed by atoms with Crippen molar-refractivity contribution in [3.05, 3.63) is 63.7 Å². The average Bonchev–Trinajstić information content (AvgIpc) is 2.67. The van der Waals surface area contributed by atoms with Gasteiger partial charge in [-0.2, -0.15) is 0 Å². The maximum atomic E-state index is 12.1. The molecule has 0 saturated heterocycles. The van der Waals surface area contributed by atoms with Crippen LogP contribution in [0.25, 0.3) is 0 Å². The van der Waals surface area contributed by atoms with Crippen LogP contribution in [0.3, 0.4) is 0 Å². The quantitative estimate of drug-likeness (QED) is 0.431. The molecule has 2 aromatic carbocycles. The van der Waals surface area contributed by atoms with E-state index >= 15 is 0 Å². The molecule has 2 N–H and O–H groups in total. The normalized spacial score (nSPS) is 10.1. The first kappa shape index (κ1) is 20.9. The van der Waals surface area contributed by atoms with E-state index < -0.39 is 29.4 Å². The Morgan fingerprint density at radius 3 is 2.43 bits per heavy atom. The number of esters is 1. The number of nitrogens with one attached hydrogen (secondary N) is 2. The van der Waals surface area contributed by atoms with Gasteiger partial charge < -0.3 is 10.1 Å². The molecular weight excluding hydrogens is 386 g/mol. The molecular formula is C18H17N3O6S.